The summed E-state index contributed by atoms with van der Waals surface area (Å²) in [6.45, 7) is 0.302. The lowest BCUT2D eigenvalue weighted by Gasteiger charge is -2.20. The third kappa shape index (κ3) is 5.22. The van der Waals surface area contributed by atoms with Crippen molar-refractivity contribution in [1.29, 1.82) is 0 Å². The minimum Gasteiger partial charge on any atom is -0.497 e. The number of nitrogens with zero attached hydrogens (tertiary/aromatic N) is 1. The standard InChI is InChI=1S/C25H23NO8S/c1-26(19-7-9-20(31-2)10-8-19)35(29,30)21-5-3-4-18(14-21)25(28)34-16-22(27)17-6-11-23-24(15-17)33-13-12-32-23/h3-11,14-15H,12-13,16H2,1-2H3. The fraction of sp³-hybridized carbons (Fsp3) is 0.200. The minimum absolute atomic E-state index is 0.00387. The predicted octanol–water partition coefficient (Wildman–Crippen LogP) is 3.33. The van der Waals surface area contributed by atoms with Gasteiger partial charge in [-0.3, -0.25) is 9.10 Å². The van der Waals surface area contributed by atoms with Crippen molar-refractivity contribution in [1.82, 2.24) is 0 Å². The van der Waals surface area contributed by atoms with E-state index < -0.39 is 28.4 Å². The fourth-order valence-corrected chi connectivity index (χ4v) is 4.63. The van der Waals surface area contributed by atoms with Gasteiger partial charge in [0.1, 0.15) is 19.0 Å². The zero-order chi connectivity index (χ0) is 25.0. The quantitative estimate of drug-likeness (QED) is 0.344. The van der Waals surface area contributed by atoms with E-state index in [1.807, 2.05) is 0 Å². The van der Waals surface area contributed by atoms with Crippen LogP contribution in [0.15, 0.2) is 71.6 Å². The van der Waals surface area contributed by atoms with Crippen LogP contribution in [0.4, 0.5) is 5.69 Å². The van der Waals surface area contributed by atoms with Gasteiger partial charge in [0.15, 0.2) is 23.9 Å². The first-order valence-electron chi connectivity index (χ1n) is 10.6. The average Bonchev–Trinajstić information content (AvgIpc) is 2.90. The topological polar surface area (TPSA) is 108 Å². The number of benzene rings is 3. The van der Waals surface area contributed by atoms with Gasteiger partial charge in [0.25, 0.3) is 10.0 Å². The highest BCUT2D eigenvalue weighted by Crippen LogP contribution is 2.31. The summed E-state index contributed by atoms with van der Waals surface area (Å²) in [5.41, 5.74) is 0.729. The molecule has 0 unspecified atom stereocenters. The van der Waals surface area contributed by atoms with Crippen molar-refractivity contribution in [2.75, 3.05) is 38.3 Å². The van der Waals surface area contributed by atoms with Crippen LogP contribution in [-0.4, -0.2) is 54.1 Å². The SMILES string of the molecule is COc1ccc(N(C)S(=O)(=O)c2cccc(C(=O)OCC(=O)c3ccc4c(c3)OCCO4)c2)cc1. The Labute approximate surface area is 202 Å². The van der Waals surface area contributed by atoms with E-state index in [9.17, 15) is 18.0 Å². The third-order valence-electron chi connectivity index (χ3n) is 5.36. The van der Waals surface area contributed by atoms with E-state index in [4.69, 9.17) is 18.9 Å². The van der Waals surface area contributed by atoms with E-state index >= 15 is 0 Å². The largest absolute Gasteiger partial charge is 0.497 e. The summed E-state index contributed by atoms with van der Waals surface area (Å²) in [6, 6.07) is 16.7. The lowest BCUT2D eigenvalue weighted by atomic mass is 10.1. The Balaban J connectivity index is 1.45. The zero-order valence-corrected chi connectivity index (χ0v) is 19.9. The molecule has 0 fully saturated rings. The highest BCUT2D eigenvalue weighted by molar-refractivity contribution is 7.92. The maximum absolute atomic E-state index is 13.1. The third-order valence-corrected chi connectivity index (χ3v) is 7.14. The molecule has 0 spiro atoms. The molecule has 0 N–H and O–H groups in total. The molecule has 0 saturated carbocycles. The van der Waals surface area contributed by atoms with E-state index in [1.54, 1.807) is 36.4 Å². The Bertz CT molecular complexity index is 1350. The van der Waals surface area contributed by atoms with E-state index in [0.717, 1.165) is 4.31 Å². The van der Waals surface area contributed by atoms with Gasteiger partial charge in [-0.05, 0) is 60.7 Å². The second-order valence-electron chi connectivity index (χ2n) is 7.56. The summed E-state index contributed by atoms with van der Waals surface area (Å²) < 4.78 is 48.4. The molecule has 9 nitrogen and oxygen atoms in total. The van der Waals surface area contributed by atoms with Crippen molar-refractivity contribution < 1.29 is 37.0 Å². The summed E-state index contributed by atoms with van der Waals surface area (Å²) in [5, 5.41) is 0. The molecule has 182 valence electrons. The highest BCUT2D eigenvalue weighted by atomic mass is 32.2. The number of Topliss-reactive ketones (excluding diaryl/α,β-unsaturated/α-hetero) is 1. The Morgan fingerprint density at radius 2 is 1.63 bits per heavy atom. The summed E-state index contributed by atoms with van der Waals surface area (Å²) in [7, 11) is -1.03. The number of sulfonamides is 1. The van der Waals surface area contributed by atoms with Crippen molar-refractivity contribution in [2.45, 2.75) is 4.90 Å². The molecule has 0 atom stereocenters. The Kier molecular flexibility index (Phi) is 6.92. The molecule has 3 aromatic carbocycles. The molecule has 0 radical (unpaired) electrons. The lowest BCUT2D eigenvalue weighted by molar-refractivity contribution is 0.0474. The number of ether oxygens (including phenoxy) is 4. The number of anilines is 1. The normalized spacial score (nSPS) is 12.5. The van der Waals surface area contributed by atoms with Crippen LogP contribution >= 0.6 is 0 Å². The molecule has 1 aliphatic heterocycles. The predicted molar refractivity (Wildman–Crippen MR) is 127 cm³/mol. The molecule has 0 amide bonds. The van der Waals surface area contributed by atoms with Gasteiger partial charge >= 0.3 is 5.97 Å². The monoisotopic (exact) mass is 497 g/mol. The number of carbonyl (C=O) groups excluding carboxylic acids is 2. The van der Waals surface area contributed by atoms with Gasteiger partial charge in [-0.25, -0.2) is 13.2 Å². The van der Waals surface area contributed by atoms with Gasteiger partial charge in [0.05, 0.1) is 23.3 Å². The molecule has 1 heterocycles. The highest BCUT2D eigenvalue weighted by Gasteiger charge is 2.23. The molecule has 3 aromatic rings. The maximum atomic E-state index is 13.1. The van der Waals surface area contributed by atoms with Gasteiger partial charge in [-0.1, -0.05) is 6.07 Å². The zero-order valence-electron chi connectivity index (χ0n) is 19.1. The first-order valence-corrected chi connectivity index (χ1v) is 12.1. The van der Waals surface area contributed by atoms with Crippen molar-refractivity contribution >= 4 is 27.5 Å². The number of hydrogen-bond donors (Lipinski definition) is 0. The van der Waals surface area contributed by atoms with Crippen LogP contribution in [0.1, 0.15) is 20.7 Å². The first-order chi connectivity index (χ1) is 16.8. The van der Waals surface area contributed by atoms with Gasteiger partial charge in [0, 0.05) is 12.6 Å². The van der Waals surface area contributed by atoms with Crippen molar-refractivity contribution in [3.05, 3.63) is 77.9 Å². The van der Waals surface area contributed by atoms with Gasteiger partial charge in [-0.2, -0.15) is 0 Å². The van der Waals surface area contributed by atoms with Crippen molar-refractivity contribution in [2.24, 2.45) is 0 Å². The van der Waals surface area contributed by atoms with Gasteiger partial charge in [-0.15, -0.1) is 0 Å². The van der Waals surface area contributed by atoms with Crippen LogP contribution in [0.3, 0.4) is 0 Å². The van der Waals surface area contributed by atoms with Crippen LogP contribution in [-0.2, 0) is 14.8 Å². The van der Waals surface area contributed by atoms with Gasteiger partial charge < -0.3 is 18.9 Å². The minimum atomic E-state index is -3.96. The van der Waals surface area contributed by atoms with Crippen molar-refractivity contribution in [3.8, 4) is 17.2 Å². The smallest absolute Gasteiger partial charge is 0.338 e. The molecular weight excluding hydrogens is 474 g/mol. The molecule has 0 saturated heterocycles. The Morgan fingerprint density at radius 3 is 2.34 bits per heavy atom. The second-order valence-corrected chi connectivity index (χ2v) is 9.53. The molecule has 35 heavy (non-hydrogen) atoms. The van der Waals surface area contributed by atoms with E-state index in [2.05, 4.69) is 0 Å². The number of ketones is 1. The van der Waals surface area contributed by atoms with Gasteiger partial charge in [0.2, 0.25) is 0 Å². The molecular formula is C25H23NO8S. The molecule has 0 aliphatic carbocycles. The molecule has 0 aromatic heterocycles. The van der Waals surface area contributed by atoms with Crippen LogP contribution in [0.2, 0.25) is 0 Å². The molecule has 4 rings (SSSR count). The molecule has 1 aliphatic rings. The Hall–Kier alpha value is -4.05. The lowest BCUT2D eigenvalue weighted by Crippen LogP contribution is -2.26. The summed E-state index contributed by atoms with van der Waals surface area (Å²) in [5.74, 6) is 0.336. The number of fused-ring (bicyclic) bond motifs is 1. The summed E-state index contributed by atoms with van der Waals surface area (Å²) in [6.07, 6.45) is 0. The summed E-state index contributed by atoms with van der Waals surface area (Å²) in [4.78, 5) is 25.0. The van der Waals surface area contributed by atoms with E-state index in [1.165, 1.54) is 44.5 Å². The number of hydrogen-bond acceptors (Lipinski definition) is 8. The van der Waals surface area contributed by atoms with Crippen LogP contribution in [0.25, 0.3) is 0 Å². The number of carbonyl (C=O) groups is 2. The number of methoxy groups -OCH3 is 1. The van der Waals surface area contributed by atoms with Crippen LogP contribution in [0, 0.1) is 0 Å². The Morgan fingerprint density at radius 1 is 0.914 bits per heavy atom. The maximum Gasteiger partial charge on any atom is 0.338 e. The van der Waals surface area contributed by atoms with Crippen LogP contribution in [0.5, 0.6) is 17.2 Å². The van der Waals surface area contributed by atoms with E-state index in [-0.39, 0.29) is 10.5 Å². The fourth-order valence-electron chi connectivity index (χ4n) is 3.39. The first kappa shape index (κ1) is 24.1. The molecule has 0 bridgehead atoms. The average molecular weight is 498 g/mol. The van der Waals surface area contributed by atoms with E-state index in [0.29, 0.717) is 41.7 Å². The number of esters is 1. The van der Waals surface area contributed by atoms with Crippen molar-refractivity contribution in [3.63, 3.8) is 0 Å². The van der Waals surface area contributed by atoms with Crippen LogP contribution < -0.4 is 18.5 Å². The molecule has 10 heteroatoms. The summed E-state index contributed by atoms with van der Waals surface area (Å²) >= 11 is 0. The number of rotatable bonds is 8. The second kappa shape index (κ2) is 10.1.